The van der Waals surface area contributed by atoms with Gasteiger partial charge in [-0.25, -0.2) is 0 Å². The van der Waals surface area contributed by atoms with Crippen molar-refractivity contribution in [1.29, 1.82) is 0 Å². The van der Waals surface area contributed by atoms with Crippen LogP contribution in [0.1, 0.15) is 0 Å². The minimum atomic E-state index is 0.877. The van der Waals surface area contributed by atoms with Gasteiger partial charge in [0.1, 0.15) is 22.3 Å². The summed E-state index contributed by atoms with van der Waals surface area (Å²) < 4.78 is 13.0. The van der Waals surface area contributed by atoms with Gasteiger partial charge in [-0.05, 0) is 81.1 Å². The van der Waals surface area contributed by atoms with Gasteiger partial charge in [0.15, 0.2) is 0 Å². The van der Waals surface area contributed by atoms with Crippen LogP contribution in [0.25, 0.3) is 99.2 Å². The maximum absolute atomic E-state index is 6.68. The lowest BCUT2D eigenvalue weighted by atomic mass is 9.90. The molecule has 3 heteroatoms. The van der Waals surface area contributed by atoms with E-state index in [1.165, 1.54) is 27.5 Å². The summed E-state index contributed by atoms with van der Waals surface area (Å²) in [6.45, 7) is 0. The summed E-state index contributed by atoms with van der Waals surface area (Å²) >= 11 is 0. The molecular formula is C58H37NO2. The Kier molecular flexibility index (Phi) is 8.17. The van der Waals surface area contributed by atoms with E-state index in [0.29, 0.717) is 0 Å². The van der Waals surface area contributed by atoms with Gasteiger partial charge in [-0.3, -0.25) is 0 Å². The van der Waals surface area contributed by atoms with E-state index in [-0.39, 0.29) is 0 Å². The van der Waals surface area contributed by atoms with Crippen LogP contribution in [0.2, 0.25) is 0 Å². The molecule has 0 spiro atoms. The predicted octanol–water partition coefficient (Wildman–Crippen LogP) is 16.8. The maximum Gasteiger partial charge on any atom is 0.143 e. The minimum absolute atomic E-state index is 0.877. The Morgan fingerprint density at radius 3 is 1.52 bits per heavy atom. The van der Waals surface area contributed by atoms with Gasteiger partial charge in [0.25, 0.3) is 0 Å². The number of para-hydroxylation sites is 5. The summed E-state index contributed by atoms with van der Waals surface area (Å²) in [5.41, 5.74) is 15.8. The summed E-state index contributed by atoms with van der Waals surface area (Å²) in [5, 5.41) is 6.88. The largest absolute Gasteiger partial charge is 0.456 e. The second-order valence-corrected chi connectivity index (χ2v) is 15.5. The molecule has 12 rings (SSSR count). The van der Waals surface area contributed by atoms with Crippen LogP contribution in [0.5, 0.6) is 0 Å². The third-order valence-electron chi connectivity index (χ3n) is 12.1. The van der Waals surface area contributed by atoms with E-state index < -0.39 is 0 Å². The number of nitrogens with zero attached hydrogens (tertiary/aromatic N) is 1. The van der Waals surface area contributed by atoms with Crippen molar-refractivity contribution >= 4 is 71.7 Å². The number of anilines is 3. The highest BCUT2D eigenvalue weighted by Gasteiger charge is 2.24. The van der Waals surface area contributed by atoms with Crippen LogP contribution in [0.15, 0.2) is 233 Å². The van der Waals surface area contributed by atoms with E-state index in [1.54, 1.807) is 0 Å². The molecule has 0 unspecified atom stereocenters. The van der Waals surface area contributed by atoms with Crippen LogP contribution < -0.4 is 4.90 Å². The van der Waals surface area contributed by atoms with E-state index in [9.17, 15) is 0 Å². The molecule has 3 nitrogen and oxygen atoms in total. The van der Waals surface area contributed by atoms with Gasteiger partial charge in [-0.1, -0.05) is 182 Å². The first-order valence-electron chi connectivity index (χ1n) is 20.8. The average Bonchev–Trinajstić information content (AvgIpc) is 3.91. The Bertz CT molecular complexity index is 3590. The Morgan fingerprint density at radius 2 is 0.770 bits per heavy atom. The third kappa shape index (κ3) is 5.74. The molecule has 286 valence electrons. The molecule has 12 aromatic rings. The Labute approximate surface area is 353 Å². The summed E-state index contributed by atoms with van der Waals surface area (Å²) in [6, 6.07) is 80.0. The molecule has 0 aliphatic rings. The van der Waals surface area contributed by atoms with Gasteiger partial charge < -0.3 is 13.7 Å². The number of furan rings is 2. The fourth-order valence-corrected chi connectivity index (χ4v) is 9.39. The first-order valence-corrected chi connectivity index (χ1v) is 20.8. The van der Waals surface area contributed by atoms with Gasteiger partial charge in [-0.15, -0.1) is 0 Å². The van der Waals surface area contributed by atoms with Crippen LogP contribution in [0.4, 0.5) is 17.1 Å². The zero-order valence-electron chi connectivity index (χ0n) is 33.1. The van der Waals surface area contributed by atoms with E-state index in [0.717, 1.165) is 88.8 Å². The molecule has 0 aliphatic heterocycles. The van der Waals surface area contributed by atoms with E-state index in [4.69, 9.17) is 8.83 Å². The topological polar surface area (TPSA) is 29.5 Å². The fraction of sp³-hybridized carbons (Fsp3) is 0. The number of fused-ring (bicyclic) bond motifs is 7. The molecule has 0 bridgehead atoms. The molecule has 2 aromatic heterocycles. The highest BCUT2D eigenvalue weighted by Crippen LogP contribution is 2.49. The van der Waals surface area contributed by atoms with Gasteiger partial charge in [-0.2, -0.15) is 0 Å². The Balaban J connectivity index is 1.10. The second kappa shape index (κ2) is 14.3. The van der Waals surface area contributed by atoms with Crippen LogP contribution in [0.3, 0.4) is 0 Å². The normalized spacial score (nSPS) is 11.6. The third-order valence-corrected chi connectivity index (χ3v) is 12.1. The summed E-state index contributed by atoms with van der Waals surface area (Å²) in [4.78, 5) is 2.42. The summed E-state index contributed by atoms with van der Waals surface area (Å²) in [5.74, 6) is 0. The molecule has 2 heterocycles. The number of hydrogen-bond donors (Lipinski definition) is 0. The molecule has 0 radical (unpaired) electrons. The van der Waals surface area contributed by atoms with Crippen LogP contribution in [-0.2, 0) is 0 Å². The molecule has 0 fully saturated rings. The molecule has 0 atom stereocenters. The van der Waals surface area contributed by atoms with Crippen molar-refractivity contribution in [2.45, 2.75) is 0 Å². The van der Waals surface area contributed by atoms with Crippen LogP contribution in [0, 0.1) is 0 Å². The summed E-state index contributed by atoms with van der Waals surface area (Å²) in [6.07, 6.45) is 0. The van der Waals surface area contributed by atoms with Crippen molar-refractivity contribution < 1.29 is 8.83 Å². The van der Waals surface area contributed by atoms with Crippen molar-refractivity contribution in [2.24, 2.45) is 0 Å². The van der Waals surface area contributed by atoms with Gasteiger partial charge in [0.05, 0.1) is 11.4 Å². The smallest absolute Gasteiger partial charge is 0.143 e. The quantitative estimate of drug-likeness (QED) is 0.161. The highest BCUT2D eigenvalue weighted by molar-refractivity contribution is 6.14. The standard InChI is InChI=1S/C58H37NO2/c1-2-16-38(17-3-1)42-24-12-18-40-19-13-26-47(56(40)42)44-20-4-8-29-51(44)59(41-36-34-39(35-37-41)43-25-15-33-55-57(43)50-23-7-11-32-54(50)60-55)52-30-9-5-21-45(52)48-27-14-28-49-46-22-6-10-31-53(46)61-58(48)49/h1-37H. The van der Waals surface area contributed by atoms with Crippen molar-refractivity contribution in [3.8, 4) is 44.5 Å². The molecule has 10 aromatic carbocycles. The lowest BCUT2D eigenvalue weighted by Crippen LogP contribution is -2.12. The predicted molar refractivity (Wildman–Crippen MR) is 255 cm³/mol. The molecular weight excluding hydrogens is 743 g/mol. The van der Waals surface area contributed by atoms with Gasteiger partial charge >= 0.3 is 0 Å². The van der Waals surface area contributed by atoms with E-state index >= 15 is 0 Å². The molecule has 0 N–H and O–H groups in total. The zero-order chi connectivity index (χ0) is 40.3. The van der Waals surface area contributed by atoms with Gasteiger partial charge in [0.2, 0.25) is 0 Å². The number of rotatable bonds is 7. The number of hydrogen-bond acceptors (Lipinski definition) is 3. The highest BCUT2D eigenvalue weighted by atomic mass is 16.3. The Hall–Kier alpha value is -8.14. The summed E-state index contributed by atoms with van der Waals surface area (Å²) in [7, 11) is 0. The second-order valence-electron chi connectivity index (χ2n) is 15.5. The van der Waals surface area contributed by atoms with E-state index in [1.807, 2.05) is 18.2 Å². The average molecular weight is 780 g/mol. The molecule has 0 amide bonds. The lowest BCUT2D eigenvalue weighted by molar-refractivity contribution is 0.669. The van der Waals surface area contributed by atoms with Gasteiger partial charge in [0, 0.05) is 43.9 Å². The molecule has 0 saturated carbocycles. The van der Waals surface area contributed by atoms with Crippen molar-refractivity contribution in [1.82, 2.24) is 0 Å². The first-order chi connectivity index (χ1) is 30.3. The fourth-order valence-electron chi connectivity index (χ4n) is 9.39. The number of benzene rings is 10. The first kappa shape index (κ1) is 34.9. The maximum atomic E-state index is 6.68. The lowest BCUT2D eigenvalue weighted by Gasteiger charge is -2.30. The minimum Gasteiger partial charge on any atom is -0.456 e. The zero-order valence-corrected chi connectivity index (χ0v) is 33.1. The van der Waals surface area contributed by atoms with Crippen molar-refractivity contribution in [3.63, 3.8) is 0 Å². The molecule has 0 saturated heterocycles. The van der Waals surface area contributed by atoms with E-state index in [2.05, 4.69) is 211 Å². The monoisotopic (exact) mass is 779 g/mol. The van der Waals surface area contributed by atoms with Crippen LogP contribution in [-0.4, -0.2) is 0 Å². The van der Waals surface area contributed by atoms with Crippen molar-refractivity contribution in [2.75, 3.05) is 4.90 Å². The van der Waals surface area contributed by atoms with Crippen LogP contribution >= 0.6 is 0 Å². The SMILES string of the molecule is c1ccc(-c2cccc3cccc(-c4ccccc4N(c4ccc(-c5cccc6oc7ccccc7c56)cc4)c4ccccc4-c4cccc5c4oc4ccccc45)c23)cc1. The molecule has 0 aliphatic carbocycles. The molecule has 61 heavy (non-hydrogen) atoms. The van der Waals surface area contributed by atoms with Crippen molar-refractivity contribution in [3.05, 3.63) is 224 Å². The Morgan fingerprint density at radius 1 is 0.279 bits per heavy atom.